The van der Waals surface area contributed by atoms with Crippen LogP contribution in [0.1, 0.15) is 31.3 Å². The molecule has 3 amide bonds. The molecule has 2 aromatic rings. The molecule has 2 N–H and O–H groups in total. The van der Waals surface area contributed by atoms with Crippen molar-refractivity contribution in [3.63, 3.8) is 0 Å². The van der Waals surface area contributed by atoms with E-state index in [-0.39, 0.29) is 11.9 Å². The van der Waals surface area contributed by atoms with Gasteiger partial charge in [0.15, 0.2) is 5.82 Å². The van der Waals surface area contributed by atoms with Crippen LogP contribution in [0, 0.1) is 0 Å². The number of amides is 3. The van der Waals surface area contributed by atoms with Gasteiger partial charge in [-0.2, -0.15) is 0 Å². The molecule has 28 heavy (non-hydrogen) atoms. The molecule has 0 saturated heterocycles. The number of carbonyl (C=O) groups excluding carboxylic acids is 2. The average Bonchev–Trinajstić information content (AvgIpc) is 3.13. The highest BCUT2D eigenvalue weighted by atomic mass is 16.5. The number of benzene rings is 1. The maximum Gasteiger partial charge on any atom is 0.319 e. The van der Waals surface area contributed by atoms with E-state index in [2.05, 4.69) is 20.8 Å². The Kier molecular flexibility index (Phi) is 5.62. The van der Waals surface area contributed by atoms with E-state index in [0.717, 1.165) is 0 Å². The molecular weight excluding hydrogens is 360 g/mol. The number of aryl methyl sites for hydroxylation is 1. The van der Waals surface area contributed by atoms with Crippen LogP contribution in [0.25, 0.3) is 0 Å². The predicted octanol–water partition coefficient (Wildman–Crippen LogP) is 1.59. The SMILES string of the molecule is CCn1cnnc1CN(C)C(=O)C1=C(C)NC(=O)N[C@H]1c1ccccc1OC. The van der Waals surface area contributed by atoms with Gasteiger partial charge in [0.05, 0.1) is 25.3 Å². The first-order valence-corrected chi connectivity index (χ1v) is 8.99. The van der Waals surface area contributed by atoms with Gasteiger partial charge in [-0.25, -0.2) is 4.79 Å². The summed E-state index contributed by atoms with van der Waals surface area (Å²) in [6, 6.07) is 6.34. The minimum Gasteiger partial charge on any atom is -0.496 e. The predicted molar refractivity (Wildman–Crippen MR) is 102 cm³/mol. The molecule has 0 fully saturated rings. The number of hydrogen-bond donors (Lipinski definition) is 2. The van der Waals surface area contributed by atoms with Crippen molar-refractivity contribution in [1.82, 2.24) is 30.3 Å². The molecule has 1 aromatic heterocycles. The number of nitrogens with one attached hydrogen (secondary N) is 2. The van der Waals surface area contributed by atoms with E-state index < -0.39 is 6.04 Å². The molecule has 9 heteroatoms. The Morgan fingerprint density at radius 1 is 1.36 bits per heavy atom. The third-order valence-corrected chi connectivity index (χ3v) is 4.71. The zero-order valence-electron chi connectivity index (χ0n) is 16.4. The van der Waals surface area contributed by atoms with Gasteiger partial charge < -0.3 is 24.8 Å². The number of methoxy groups -OCH3 is 1. The summed E-state index contributed by atoms with van der Waals surface area (Å²) in [6.45, 7) is 4.72. The van der Waals surface area contributed by atoms with Crippen LogP contribution in [0.2, 0.25) is 0 Å². The Morgan fingerprint density at radius 2 is 2.11 bits per heavy atom. The van der Waals surface area contributed by atoms with Crippen molar-refractivity contribution >= 4 is 11.9 Å². The van der Waals surface area contributed by atoms with Gasteiger partial charge in [-0.1, -0.05) is 18.2 Å². The highest BCUT2D eigenvalue weighted by molar-refractivity contribution is 5.98. The summed E-state index contributed by atoms with van der Waals surface area (Å²) in [6.07, 6.45) is 1.64. The molecule has 2 heterocycles. The van der Waals surface area contributed by atoms with Gasteiger partial charge in [0.1, 0.15) is 12.1 Å². The number of hydrogen-bond acceptors (Lipinski definition) is 5. The number of ether oxygens (including phenoxy) is 1. The Labute approximate surface area is 163 Å². The van der Waals surface area contributed by atoms with E-state index in [1.165, 1.54) is 0 Å². The van der Waals surface area contributed by atoms with Crippen molar-refractivity contribution < 1.29 is 14.3 Å². The highest BCUT2D eigenvalue weighted by Crippen LogP contribution is 2.33. The number of nitrogens with zero attached hydrogens (tertiary/aromatic N) is 4. The second kappa shape index (κ2) is 8.12. The number of urea groups is 1. The van der Waals surface area contributed by atoms with E-state index in [1.54, 1.807) is 38.4 Å². The highest BCUT2D eigenvalue weighted by Gasteiger charge is 2.34. The monoisotopic (exact) mass is 384 g/mol. The van der Waals surface area contributed by atoms with Gasteiger partial charge in [-0.05, 0) is 19.9 Å². The lowest BCUT2D eigenvalue weighted by Gasteiger charge is -2.31. The van der Waals surface area contributed by atoms with Crippen molar-refractivity contribution in [2.45, 2.75) is 33.0 Å². The lowest BCUT2D eigenvalue weighted by Crippen LogP contribution is -2.47. The molecule has 9 nitrogen and oxygen atoms in total. The maximum atomic E-state index is 13.3. The summed E-state index contributed by atoms with van der Waals surface area (Å²) >= 11 is 0. The quantitative estimate of drug-likeness (QED) is 0.788. The number of rotatable bonds is 6. The molecular formula is C19H24N6O3. The Balaban J connectivity index is 1.94. The first kappa shape index (κ1) is 19.4. The topological polar surface area (TPSA) is 101 Å². The molecule has 1 aliphatic heterocycles. The van der Waals surface area contributed by atoms with Crippen molar-refractivity contribution in [2.75, 3.05) is 14.2 Å². The standard InChI is InChI=1S/C19H24N6O3/c1-5-25-11-20-23-15(25)10-24(3)18(26)16-12(2)21-19(27)22-17(16)13-8-6-7-9-14(13)28-4/h6-9,11,17H,5,10H2,1-4H3,(H2,21,22,27)/t17-/m0/s1. The molecule has 0 bridgehead atoms. The van der Waals surface area contributed by atoms with Gasteiger partial charge in [0.2, 0.25) is 0 Å². The zero-order valence-corrected chi connectivity index (χ0v) is 16.4. The van der Waals surface area contributed by atoms with Crippen LogP contribution >= 0.6 is 0 Å². The number of likely N-dealkylation sites (N-methyl/N-ethyl adjacent to an activating group) is 1. The third-order valence-electron chi connectivity index (χ3n) is 4.71. The summed E-state index contributed by atoms with van der Waals surface area (Å²) in [5, 5.41) is 13.5. The third kappa shape index (κ3) is 3.68. The van der Waals surface area contributed by atoms with Crippen LogP contribution in [0.5, 0.6) is 5.75 Å². The fourth-order valence-corrected chi connectivity index (χ4v) is 3.27. The molecule has 148 valence electrons. The van der Waals surface area contributed by atoms with Gasteiger partial charge in [0.25, 0.3) is 5.91 Å². The van der Waals surface area contributed by atoms with Crippen molar-refractivity contribution in [1.29, 1.82) is 0 Å². The second-order valence-corrected chi connectivity index (χ2v) is 6.51. The minimum absolute atomic E-state index is 0.216. The van der Waals surface area contributed by atoms with Gasteiger partial charge in [0, 0.05) is 24.9 Å². The normalized spacial score (nSPS) is 16.4. The van der Waals surface area contributed by atoms with Gasteiger partial charge in [-0.15, -0.1) is 10.2 Å². The molecule has 0 aliphatic carbocycles. The lowest BCUT2D eigenvalue weighted by molar-refractivity contribution is -0.127. The average molecular weight is 384 g/mol. The van der Waals surface area contributed by atoms with E-state index in [9.17, 15) is 9.59 Å². The van der Waals surface area contributed by atoms with E-state index in [0.29, 0.717) is 41.5 Å². The maximum absolute atomic E-state index is 13.3. The van der Waals surface area contributed by atoms with Crippen LogP contribution in [-0.4, -0.2) is 45.8 Å². The van der Waals surface area contributed by atoms with E-state index >= 15 is 0 Å². The Hall–Kier alpha value is -3.36. The zero-order chi connectivity index (χ0) is 20.3. The summed E-state index contributed by atoms with van der Waals surface area (Å²) in [7, 11) is 3.26. The summed E-state index contributed by atoms with van der Waals surface area (Å²) in [5.74, 6) is 1.07. The largest absolute Gasteiger partial charge is 0.496 e. The molecule has 1 aromatic carbocycles. The Bertz CT molecular complexity index is 920. The molecule has 3 rings (SSSR count). The summed E-state index contributed by atoms with van der Waals surface area (Å²) in [4.78, 5) is 27.0. The molecule has 0 spiro atoms. The Morgan fingerprint density at radius 3 is 2.82 bits per heavy atom. The molecule has 0 saturated carbocycles. The van der Waals surface area contributed by atoms with Crippen LogP contribution < -0.4 is 15.4 Å². The molecule has 0 unspecified atom stereocenters. The van der Waals surface area contributed by atoms with E-state index in [4.69, 9.17) is 4.74 Å². The minimum atomic E-state index is -0.621. The van der Waals surface area contributed by atoms with Crippen LogP contribution in [0.4, 0.5) is 4.79 Å². The summed E-state index contributed by atoms with van der Waals surface area (Å²) in [5.41, 5.74) is 1.68. The van der Waals surface area contributed by atoms with Gasteiger partial charge in [-0.3, -0.25) is 4.79 Å². The number of para-hydroxylation sites is 1. The molecule has 0 radical (unpaired) electrons. The number of allylic oxidation sites excluding steroid dienone is 1. The molecule has 1 atom stereocenters. The van der Waals surface area contributed by atoms with Crippen molar-refractivity contribution in [3.05, 3.63) is 53.3 Å². The van der Waals surface area contributed by atoms with Crippen LogP contribution in [-0.2, 0) is 17.9 Å². The van der Waals surface area contributed by atoms with Crippen molar-refractivity contribution in [2.24, 2.45) is 0 Å². The first-order valence-electron chi connectivity index (χ1n) is 8.99. The van der Waals surface area contributed by atoms with E-state index in [1.807, 2.05) is 29.7 Å². The molecule has 1 aliphatic rings. The smallest absolute Gasteiger partial charge is 0.319 e. The first-order chi connectivity index (χ1) is 13.5. The van der Waals surface area contributed by atoms with Crippen LogP contribution in [0.15, 0.2) is 41.9 Å². The fraction of sp³-hybridized carbons (Fsp3) is 0.368. The number of aromatic nitrogens is 3. The number of carbonyl (C=O) groups is 2. The van der Waals surface area contributed by atoms with Crippen molar-refractivity contribution in [3.8, 4) is 5.75 Å². The summed E-state index contributed by atoms with van der Waals surface area (Å²) < 4.78 is 7.31. The van der Waals surface area contributed by atoms with Crippen LogP contribution in [0.3, 0.4) is 0 Å². The second-order valence-electron chi connectivity index (χ2n) is 6.51. The van der Waals surface area contributed by atoms with Gasteiger partial charge >= 0.3 is 6.03 Å². The lowest BCUT2D eigenvalue weighted by atomic mass is 9.93. The fourth-order valence-electron chi connectivity index (χ4n) is 3.27.